The minimum absolute atomic E-state index is 0. The van der Waals surface area contributed by atoms with Crippen LogP contribution in [0.1, 0.15) is 29.7 Å². The highest BCUT2D eigenvalue weighted by Gasteiger charge is 2.21. The summed E-state index contributed by atoms with van der Waals surface area (Å²) >= 11 is 0. The fourth-order valence-electron chi connectivity index (χ4n) is 2.31. The van der Waals surface area contributed by atoms with Crippen molar-refractivity contribution >= 4 is 18.3 Å². The van der Waals surface area contributed by atoms with E-state index in [0.717, 1.165) is 30.6 Å². The van der Waals surface area contributed by atoms with Crippen molar-refractivity contribution in [2.24, 2.45) is 0 Å². The zero-order valence-corrected chi connectivity index (χ0v) is 12.0. The van der Waals surface area contributed by atoms with Crippen LogP contribution in [0.2, 0.25) is 0 Å². The molecule has 0 bridgehead atoms. The smallest absolute Gasteiger partial charge is 0.253 e. The van der Waals surface area contributed by atoms with E-state index in [-0.39, 0.29) is 29.9 Å². The molecule has 2 rings (SSSR count). The zero-order chi connectivity index (χ0) is 13.1. The number of pyridine rings is 1. The number of amides is 1. The molecule has 1 unspecified atom stereocenters. The SMILES string of the molecule is Cc1cc(C)c(CNC(=O)C2CCCN2)c(=O)[nH]1.Cl. The average Bonchev–Trinajstić information content (AvgIpc) is 2.80. The summed E-state index contributed by atoms with van der Waals surface area (Å²) < 4.78 is 0. The quantitative estimate of drug-likeness (QED) is 0.768. The molecule has 0 aromatic carbocycles. The molecule has 0 spiro atoms. The van der Waals surface area contributed by atoms with Gasteiger partial charge in [0.15, 0.2) is 0 Å². The molecular weight excluding hydrogens is 266 g/mol. The van der Waals surface area contributed by atoms with Gasteiger partial charge < -0.3 is 15.6 Å². The van der Waals surface area contributed by atoms with Gasteiger partial charge in [0.1, 0.15) is 0 Å². The molecule has 0 radical (unpaired) electrons. The summed E-state index contributed by atoms with van der Waals surface area (Å²) in [4.78, 5) is 26.3. The van der Waals surface area contributed by atoms with Crippen LogP contribution in [0.25, 0.3) is 0 Å². The van der Waals surface area contributed by atoms with Crippen molar-refractivity contribution in [1.82, 2.24) is 15.6 Å². The van der Waals surface area contributed by atoms with Gasteiger partial charge in [0.2, 0.25) is 5.91 Å². The molecule has 5 nitrogen and oxygen atoms in total. The lowest BCUT2D eigenvalue weighted by atomic mass is 10.1. The van der Waals surface area contributed by atoms with Gasteiger partial charge >= 0.3 is 0 Å². The molecule has 2 heterocycles. The van der Waals surface area contributed by atoms with Crippen LogP contribution in [-0.4, -0.2) is 23.5 Å². The molecular formula is C13H20ClN3O2. The van der Waals surface area contributed by atoms with E-state index in [0.29, 0.717) is 12.1 Å². The van der Waals surface area contributed by atoms with Crippen molar-refractivity contribution in [3.05, 3.63) is 33.2 Å². The van der Waals surface area contributed by atoms with E-state index in [1.165, 1.54) is 0 Å². The molecule has 0 saturated carbocycles. The van der Waals surface area contributed by atoms with Crippen molar-refractivity contribution in [2.75, 3.05) is 6.54 Å². The lowest BCUT2D eigenvalue weighted by Crippen LogP contribution is -2.40. The summed E-state index contributed by atoms with van der Waals surface area (Å²) in [5.74, 6) is -0.0214. The normalized spacial score (nSPS) is 17.9. The van der Waals surface area contributed by atoms with Crippen LogP contribution in [0.5, 0.6) is 0 Å². The van der Waals surface area contributed by atoms with Crippen molar-refractivity contribution in [1.29, 1.82) is 0 Å². The van der Waals surface area contributed by atoms with Crippen LogP contribution < -0.4 is 16.2 Å². The third-order valence-corrected chi connectivity index (χ3v) is 3.31. The topological polar surface area (TPSA) is 74.0 Å². The van der Waals surface area contributed by atoms with E-state index in [1.54, 1.807) is 0 Å². The van der Waals surface area contributed by atoms with E-state index in [2.05, 4.69) is 15.6 Å². The summed E-state index contributed by atoms with van der Waals surface area (Å²) in [6.07, 6.45) is 1.90. The number of carbonyl (C=O) groups excluding carboxylic acids is 1. The third-order valence-electron chi connectivity index (χ3n) is 3.31. The molecule has 1 saturated heterocycles. The molecule has 1 aromatic heterocycles. The van der Waals surface area contributed by atoms with Gasteiger partial charge in [-0.3, -0.25) is 9.59 Å². The minimum Gasteiger partial charge on any atom is -0.350 e. The number of halogens is 1. The monoisotopic (exact) mass is 285 g/mol. The molecule has 1 amide bonds. The van der Waals surface area contributed by atoms with Crippen LogP contribution in [0.4, 0.5) is 0 Å². The number of aryl methyl sites for hydroxylation is 2. The number of carbonyl (C=O) groups is 1. The number of aromatic nitrogens is 1. The van der Waals surface area contributed by atoms with E-state index < -0.39 is 0 Å². The molecule has 6 heteroatoms. The number of rotatable bonds is 3. The summed E-state index contributed by atoms with van der Waals surface area (Å²) in [6.45, 7) is 4.91. The summed E-state index contributed by atoms with van der Waals surface area (Å²) in [7, 11) is 0. The van der Waals surface area contributed by atoms with E-state index in [1.807, 2.05) is 19.9 Å². The van der Waals surface area contributed by atoms with Crippen molar-refractivity contribution in [2.45, 2.75) is 39.3 Å². The second-order valence-corrected chi connectivity index (χ2v) is 4.81. The highest BCUT2D eigenvalue weighted by Crippen LogP contribution is 2.06. The number of hydrogen-bond acceptors (Lipinski definition) is 3. The Balaban J connectivity index is 0.00000180. The summed E-state index contributed by atoms with van der Waals surface area (Å²) in [5.41, 5.74) is 2.26. The Labute approximate surface area is 118 Å². The Morgan fingerprint density at radius 2 is 2.21 bits per heavy atom. The van der Waals surface area contributed by atoms with E-state index in [9.17, 15) is 9.59 Å². The standard InChI is InChI=1S/C13H19N3O2.ClH/c1-8-6-9(2)16-12(17)10(8)7-15-13(18)11-4-3-5-14-11;/h6,11,14H,3-5,7H2,1-2H3,(H,15,18)(H,16,17);1H. The lowest BCUT2D eigenvalue weighted by molar-refractivity contribution is -0.122. The zero-order valence-electron chi connectivity index (χ0n) is 11.2. The second kappa shape index (κ2) is 6.73. The highest BCUT2D eigenvalue weighted by atomic mass is 35.5. The number of aromatic amines is 1. The van der Waals surface area contributed by atoms with Crippen molar-refractivity contribution in [3.63, 3.8) is 0 Å². The summed E-state index contributed by atoms with van der Waals surface area (Å²) in [5, 5.41) is 5.95. The molecule has 1 aromatic rings. The maximum atomic E-state index is 11.8. The Kier molecular flexibility index (Phi) is 5.57. The van der Waals surface area contributed by atoms with Crippen molar-refractivity contribution in [3.8, 4) is 0 Å². The first-order valence-electron chi connectivity index (χ1n) is 6.28. The highest BCUT2D eigenvalue weighted by molar-refractivity contribution is 5.85. The van der Waals surface area contributed by atoms with Gasteiger partial charge in [0.05, 0.1) is 6.04 Å². The predicted molar refractivity (Wildman–Crippen MR) is 76.7 cm³/mol. The average molecular weight is 286 g/mol. The van der Waals surface area contributed by atoms with Crippen molar-refractivity contribution < 1.29 is 4.79 Å². The molecule has 1 aliphatic rings. The Bertz CT molecular complexity index is 507. The van der Waals surface area contributed by atoms with Gasteiger partial charge in [0, 0.05) is 17.8 Å². The maximum Gasteiger partial charge on any atom is 0.253 e. The van der Waals surface area contributed by atoms with Gasteiger partial charge in [-0.15, -0.1) is 12.4 Å². The van der Waals surface area contributed by atoms with Gasteiger partial charge in [-0.2, -0.15) is 0 Å². The van der Waals surface area contributed by atoms with Crippen LogP contribution >= 0.6 is 12.4 Å². The Morgan fingerprint density at radius 1 is 1.47 bits per heavy atom. The molecule has 0 aliphatic carbocycles. The van der Waals surface area contributed by atoms with Gasteiger partial charge in [-0.05, 0) is 44.9 Å². The number of nitrogens with one attached hydrogen (secondary N) is 3. The van der Waals surface area contributed by atoms with Crippen LogP contribution in [0, 0.1) is 13.8 Å². The largest absolute Gasteiger partial charge is 0.350 e. The van der Waals surface area contributed by atoms with Gasteiger partial charge in [-0.1, -0.05) is 0 Å². The first-order chi connectivity index (χ1) is 8.58. The first kappa shape index (κ1) is 15.7. The molecule has 3 N–H and O–H groups in total. The minimum atomic E-state index is -0.118. The number of hydrogen-bond donors (Lipinski definition) is 3. The molecule has 1 fully saturated rings. The fraction of sp³-hybridized carbons (Fsp3) is 0.538. The maximum absolute atomic E-state index is 11.8. The summed E-state index contributed by atoms with van der Waals surface area (Å²) in [6, 6.07) is 1.81. The van der Waals surface area contributed by atoms with E-state index >= 15 is 0 Å². The van der Waals surface area contributed by atoms with Crippen LogP contribution in [0.3, 0.4) is 0 Å². The van der Waals surface area contributed by atoms with Gasteiger partial charge in [-0.25, -0.2) is 0 Å². The van der Waals surface area contributed by atoms with Gasteiger partial charge in [0.25, 0.3) is 5.56 Å². The molecule has 1 aliphatic heterocycles. The predicted octanol–water partition coefficient (Wildman–Crippen LogP) is 0.782. The Hall–Kier alpha value is -1.33. The Morgan fingerprint density at radius 3 is 2.79 bits per heavy atom. The lowest BCUT2D eigenvalue weighted by Gasteiger charge is -2.12. The molecule has 106 valence electrons. The first-order valence-corrected chi connectivity index (χ1v) is 6.28. The van der Waals surface area contributed by atoms with Crippen LogP contribution in [0.15, 0.2) is 10.9 Å². The molecule has 19 heavy (non-hydrogen) atoms. The van der Waals surface area contributed by atoms with Crippen LogP contribution in [-0.2, 0) is 11.3 Å². The second-order valence-electron chi connectivity index (χ2n) is 4.81. The third kappa shape index (κ3) is 3.81. The van der Waals surface area contributed by atoms with E-state index in [4.69, 9.17) is 0 Å². The fourth-order valence-corrected chi connectivity index (χ4v) is 2.31. The molecule has 1 atom stereocenters. The number of H-pyrrole nitrogens is 1.